The Morgan fingerprint density at radius 2 is 1.98 bits per heavy atom. The van der Waals surface area contributed by atoms with Gasteiger partial charge in [0, 0.05) is 17.5 Å². The zero-order valence-corrected chi connectivity index (χ0v) is 24.1. The molecule has 0 spiro atoms. The number of nitrogens with one attached hydrogen (secondary N) is 1. The second-order valence-corrected chi connectivity index (χ2v) is 11.6. The van der Waals surface area contributed by atoms with Crippen LogP contribution in [0.15, 0.2) is 52.5 Å². The van der Waals surface area contributed by atoms with Crippen LogP contribution in [0.4, 0.5) is 0 Å². The molecule has 222 valence electrons. The summed E-state index contributed by atoms with van der Waals surface area (Å²) < 4.78 is 37.1. The summed E-state index contributed by atoms with van der Waals surface area (Å²) >= 11 is 0. The third-order valence-electron chi connectivity index (χ3n) is 6.02. The molecular formula is C25H33N6O9P. The number of nitrogens with zero attached hydrogens (tertiary/aromatic N) is 5. The normalized spacial score (nSPS) is 24.2. The van der Waals surface area contributed by atoms with Crippen molar-refractivity contribution in [3.05, 3.63) is 69.2 Å². The number of para-hydroxylation sites is 1. The van der Waals surface area contributed by atoms with E-state index in [0.29, 0.717) is 0 Å². The van der Waals surface area contributed by atoms with E-state index < -0.39 is 62.1 Å². The summed E-state index contributed by atoms with van der Waals surface area (Å²) in [6.07, 6.45) is -3.31. The summed E-state index contributed by atoms with van der Waals surface area (Å²) in [7, 11) is -4.31. The summed E-state index contributed by atoms with van der Waals surface area (Å²) in [5, 5.41) is 17.3. The number of hydrogen-bond acceptors (Lipinski definition) is 11. The number of Topliss-reactive ketones (excluding diaryl/α,β-unsaturated/α-hetero) is 1. The predicted octanol–water partition coefficient (Wildman–Crippen LogP) is 2.84. The van der Waals surface area contributed by atoms with Gasteiger partial charge in [0.25, 0.3) is 0 Å². The molecule has 2 aromatic rings. The van der Waals surface area contributed by atoms with Crippen LogP contribution < -0.4 is 15.3 Å². The number of esters is 1. The average molecular weight is 593 g/mol. The van der Waals surface area contributed by atoms with Gasteiger partial charge in [0.05, 0.1) is 24.5 Å². The van der Waals surface area contributed by atoms with E-state index in [4.69, 9.17) is 18.5 Å². The molecule has 15 nitrogen and oxygen atoms in total. The van der Waals surface area contributed by atoms with Gasteiger partial charge in [-0.15, -0.1) is 0 Å². The Balaban J connectivity index is 1.87. The van der Waals surface area contributed by atoms with Crippen LogP contribution in [0.1, 0.15) is 46.5 Å². The van der Waals surface area contributed by atoms with Crippen LogP contribution in [0.5, 0.6) is 5.75 Å². The highest BCUT2D eigenvalue weighted by Gasteiger charge is 2.55. The second kappa shape index (κ2) is 13.4. The maximum Gasteiger partial charge on any atom is 0.459 e. The number of aliphatic hydroxyl groups excluding tert-OH is 1. The number of carbonyl (C=O) groups excluding carboxylic acids is 2. The first-order chi connectivity index (χ1) is 19.3. The predicted molar refractivity (Wildman–Crippen MR) is 145 cm³/mol. The molecule has 2 heterocycles. The van der Waals surface area contributed by atoms with Crippen molar-refractivity contribution in [2.24, 2.45) is 5.11 Å². The molecule has 0 amide bonds. The van der Waals surface area contributed by atoms with Crippen molar-refractivity contribution in [2.45, 2.75) is 77.2 Å². The van der Waals surface area contributed by atoms with E-state index in [9.17, 15) is 29.6 Å². The molecule has 1 aliphatic rings. The van der Waals surface area contributed by atoms with Crippen molar-refractivity contribution in [2.75, 3.05) is 6.61 Å². The topological polar surface area (TPSA) is 204 Å². The fraction of sp³-hybridized carbons (Fsp3) is 0.520. The van der Waals surface area contributed by atoms with Crippen LogP contribution in [0.3, 0.4) is 0 Å². The Morgan fingerprint density at radius 1 is 1.29 bits per heavy atom. The fourth-order valence-corrected chi connectivity index (χ4v) is 5.57. The van der Waals surface area contributed by atoms with E-state index >= 15 is 0 Å². The Labute approximate surface area is 236 Å². The molecule has 6 atom stereocenters. The molecule has 1 unspecified atom stereocenters. The van der Waals surface area contributed by atoms with Crippen molar-refractivity contribution in [3.8, 4) is 5.75 Å². The van der Waals surface area contributed by atoms with Gasteiger partial charge in [0.15, 0.2) is 6.23 Å². The number of benzene rings is 1. The van der Waals surface area contributed by atoms with Gasteiger partial charge in [-0.2, -0.15) is 10.1 Å². The number of carbonyl (C=O) groups is 2. The first-order valence-electron chi connectivity index (χ1n) is 12.7. The second-order valence-electron chi connectivity index (χ2n) is 9.91. The Morgan fingerprint density at radius 3 is 2.56 bits per heavy atom. The fourth-order valence-electron chi connectivity index (χ4n) is 4.07. The summed E-state index contributed by atoms with van der Waals surface area (Å²) in [5.74, 6) is -0.727. The molecule has 1 saturated heterocycles. The number of hydrogen-bond donors (Lipinski definition) is 2. The molecule has 2 N–H and O–H groups in total. The van der Waals surface area contributed by atoms with Crippen LogP contribution in [0, 0.1) is 0 Å². The van der Waals surface area contributed by atoms with Gasteiger partial charge in [-0.05, 0) is 58.3 Å². The van der Waals surface area contributed by atoms with Crippen LogP contribution in [0.25, 0.3) is 10.4 Å². The first kappa shape index (κ1) is 31.9. The number of rotatable bonds is 13. The van der Waals surface area contributed by atoms with Crippen LogP contribution in [-0.4, -0.2) is 62.9 Å². The van der Waals surface area contributed by atoms with Crippen molar-refractivity contribution in [3.63, 3.8) is 0 Å². The number of aromatic nitrogens is 2. The number of aliphatic hydroxyl groups is 1. The zero-order chi connectivity index (χ0) is 30.4. The van der Waals surface area contributed by atoms with E-state index in [2.05, 4.69) is 20.1 Å². The van der Waals surface area contributed by atoms with Gasteiger partial charge in [0.1, 0.15) is 29.2 Å². The lowest BCUT2D eigenvalue weighted by atomic mass is 9.93. The van der Waals surface area contributed by atoms with E-state index in [1.54, 1.807) is 32.0 Å². The maximum atomic E-state index is 13.8. The van der Waals surface area contributed by atoms with Crippen LogP contribution in [-0.2, 0) is 34.6 Å². The Kier molecular flexibility index (Phi) is 10.4. The van der Waals surface area contributed by atoms with Crippen molar-refractivity contribution in [1.82, 2.24) is 14.6 Å². The lowest BCUT2D eigenvalue weighted by Gasteiger charge is -2.28. The van der Waals surface area contributed by atoms with E-state index in [1.807, 2.05) is 0 Å². The minimum atomic E-state index is -4.31. The minimum Gasteiger partial charge on any atom is -0.462 e. The SMILES string of the molecule is CC(=O)Cc1ccn([C@@H]2O[C@H](COP(=O)(N[C@@H](C)C(=O)OC(C)C)Oc3ccccc3)[C@@H](O)[C@@]2(C)N=[N+]=[N-])c(=O)n1. The smallest absolute Gasteiger partial charge is 0.459 e. The highest BCUT2D eigenvalue weighted by Crippen LogP contribution is 2.47. The Hall–Kier alpha value is -3.58. The molecule has 1 aromatic heterocycles. The third kappa shape index (κ3) is 8.00. The molecule has 0 aliphatic carbocycles. The largest absolute Gasteiger partial charge is 0.462 e. The number of ketones is 1. The van der Waals surface area contributed by atoms with Crippen LogP contribution >= 0.6 is 7.75 Å². The number of azide groups is 1. The van der Waals surface area contributed by atoms with E-state index in [0.717, 1.165) is 4.57 Å². The van der Waals surface area contributed by atoms with Crippen molar-refractivity contribution < 1.29 is 37.8 Å². The molecule has 0 saturated carbocycles. The highest BCUT2D eigenvalue weighted by molar-refractivity contribution is 7.52. The summed E-state index contributed by atoms with van der Waals surface area (Å²) in [5.41, 5.74) is 6.92. The van der Waals surface area contributed by atoms with Gasteiger partial charge in [-0.25, -0.2) is 9.36 Å². The standard InChI is InChI=1S/C25H33N6O9P/c1-15(2)38-22(34)17(4)28-41(36,40-19-9-7-6-8-10-19)37-14-20-21(33)25(5,29-30-26)23(39-20)31-12-11-18(13-16(3)32)27-24(31)35/h6-12,15,17,20-21,23,33H,13-14H2,1-5H3,(H,28,36)/t17-,20+,21+,23+,25+,41?/m0/s1. The highest BCUT2D eigenvalue weighted by atomic mass is 31.2. The molecule has 1 aromatic carbocycles. The van der Waals surface area contributed by atoms with Gasteiger partial charge in [-0.1, -0.05) is 23.3 Å². The lowest BCUT2D eigenvalue weighted by Crippen LogP contribution is -2.45. The molecule has 0 bridgehead atoms. The zero-order valence-electron chi connectivity index (χ0n) is 23.2. The lowest BCUT2D eigenvalue weighted by molar-refractivity contribution is -0.149. The molecule has 0 radical (unpaired) electrons. The maximum absolute atomic E-state index is 13.8. The molecular weight excluding hydrogens is 559 g/mol. The monoisotopic (exact) mass is 592 g/mol. The van der Waals surface area contributed by atoms with E-state index in [1.165, 1.54) is 45.2 Å². The minimum absolute atomic E-state index is 0.0544. The summed E-state index contributed by atoms with van der Waals surface area (Å²) in [6, 6.07) is 8.38. The average Bonchev–Trinajstić information content (AvgIpc) is 3.12. The molecule has 1 fully saturated rings. The molecule has 41 heavy (non-hydrogen) atoms. The molecule has 3 rings (SSSR count). The van der Waals surface area contributed by atoms with Gasteiger partial charge in [-0.3, -0.25) is 18.7 Å². The first-order valence-corrected chi connectivity index (χ1v) is 14.3. The van der Waals surface area contributed by atoms with Gasteiger partial charge in [0.2, 0.25) is 0 Å². The van der Waals surface area contributed by atoms with E-state index in [-0.39, 0.29) is 23.6 Å². The van der Waals surface area contributed by atoms with Crippen molar-refractivity contribution in [1.29, 1.82) is 0 Å². The third-order valence-corrected chi connectivity index (χ3v) is 7.66. The number of ether oxygens (including phenoxy) is 2. The summed E-state index contributed by atoms with van der Waals surface area (Å²) in [4.78, 5) is 43.3. The van der Waals surface area contributed by atoms with Gasteiger partial charge >= 0.3 is 19.4 Å². The molecule has 16 heteroatoms. The Bertz CT molecular complexity index is 1400. The summed E-state index contributed by atoms with van der Waals surface area (Å²) in [6.45, 7) is 6.90. The van der Waals surface area contributed by atoms with Gasteiger partial charge < -0.3 is 19.1 Å². The molecule has 1 aliphatic heterocycles. The van der Waals surface area contributed by atoms with Crippen LogP contribution in [0.2, 0.25) is 0 Å². The quantitative estimate of drug-likeness (QED) is 0.114. The van der Waals surface area contributed by atoms with Crippen molar-refractivity contribution >= 4 is 19.5 Å².